The summed E-state index contributed by atoms with van der Waals surface area (Å²) in [7, 11) is 0. The number of ether oxygens (including phenoxy) is 1. The summed E-state index contributed by atoms with van der Waals surface area (Å²) >= 11 is 0. The van der Waals surface area contributed by atoms with Gasteiger partial charge in [-0.15, -0.1) is 0 Å². The summed E-state index contributed by atoms with van der Waals surface area (Å²) in [6.45, 7) is 3.86. The maximum atomic E-state index is 12.2. The van der Waals surface area contributed by atoms with E-state index in [9.17, 15) is 18.0 Å². The van der Waals surface area contributed by atoms with E-state index in [-0.39, 0.29) is 17.6 Å². The van der Waals surface area contributed by atoms with Crippen molar-refractivity contribution in [2.45, 2.75) is 39.4 Å². The van der Waals surface area contributed by atoms with Gasteiger partial charge in [-0.3, -0.25) is 4.79 Å². The molecule has 2 rings (SSSR count). The minimum atomic E-state index is -4.36. The van der Waals surface area contributed by atoms with Crippen molar-refractivity contribution in [2.75, 3.05) is 13.2 Å². The number of halogens is 3. The summed E-state index contributed by atoms with van der Waals surface area (Å²) < 4.78 is 41.3. The maximum absolute atomic E-state index is 12.2. The molecule has 7 heteroatoms. The molecule has 0 saturated heterocycles. The Kier molecular flexibility index (Phi) is 8.72. The molecule has 0 spiro atoms. The van der Waals surface area contributed by atoms with Gasteiger partial charge in [0.05, 0.1) is 0 Å². The monoisotopic (exact) mass is 422 g/mol. The van der Waals surface area contributed by atoms with Gasteiger partial charge in [0.1, 0.15) is 5.75 Å². The van der Waals surface area contributed by atoms with Crippen molar-refractivity contribution >= 4 is 5.91 Å². The Hall–Kier alpha value is -2.54. The Morgan fingerprint density at radius 2 is 1.60 bits per heavy atom. The lowest BCUT2D eigenvalue weighted by molar-refractivity contribution is -0.153. The van der Waals surface area contributed by atoms with Gasteiger partial charge >= 0.3 is 6.18 Å². The smallest absolute Gasteiger partial charge is 0.422 e. The van der Waals surface area contributed by atoms with Crippen LogP contribution in [0.5, 0.6) is 5.75 Å². The molecular formula is C23H29F3N2O2. The number of benzene rings is 2. The number of nitrogens with one attached hydrogen (secondary N) is 1. The Labute approximate surface area is 175 Å². The van der Waals surface area contributed by atoms with Crippen LogP contribution in [0.3, 0.4) is 0 Å². The van der Waals surface area contributed by atoms with E-state index in [1.54, 1.807) is 12.1 Å². The average Bonchev–Trinajstić information content (AvgIpc) is 2.70. The van der Waals surface area contributed by atoms with Gasteiger partial charge < -0.3 is 15.8 Å². The fraction of sp³-hybridized carbons (Fsp3) is 0.435. The highest BCUT2D eigenvalue weighted by atomic mass is 19.4. The molecule has 4 nitrogen and oxygen atoms in total. The average molecular weight is 422 g/mol. The highest BCUT2D eigenvalue weighted by Crippen LogP contribution is 2.24. The molecule has 30 heavy (non-hydrogen) atoms. The van der Waals surface area contributed by atoms with E-state index in [4.69, 9.17) is 10.5 Å². The summed E-state index contributed by atoms with van der Waals surface area (Å²) in [5, 5.41) is 2.93. The highest BCUT2D eigenvalue weighted by Gasteiger charge is 2.28. The molecule has 0 aromatic heterocycles. The highest BCUT2D eigenvalue weighted by molar-refractivity contribution is 5.76. The zero-order chi connectivity index (χ0) is 22.1. The molecule has 2 aromatic rings. The summed E-state index contributed by atoms with van der Waals surface area (Å²) in [6, 6.07) is 14.1. The van der Waals surface area contributed by atoms with Crippen molar-refractivity contribution in [3.05, 3.63) is 54.1 Å². The van der Waals surface area contributed by atoms with Crippen LogP contribution in [-0.4, -0.2) is 25.2 Å². The molecule has 0 aliphatic rings. The Bertz CT molecular complexity index is 788. The number of hydrogen-bond acceptors (Lipinski definition) is 3. The van der Waals surface area contributed by atoms with Crippen LogP contribution in [-0.2, 0) is 11.3 Å². The number of amides is 1. The van der Waals surface area contributed by atoms with Gasteiger partial charge in [-0.2, -0.15) is 13.2 Å². The second-order valence-corrected chi connectivity index (χ2v) is 7.84. The zero-order valence-corrected chi connectivity index (χ0v) is 17.3. The van der Waals surface area contributed by atoms with E-state index in [2.05, 4.69) is 19.2 Å². The molecule has 0 heterocycles. The quantitative estimate of drug-likeness (QED) is 0.571. The van der Waals surface area contributed by atoms with Gasteiger partial charge in [-0.1, -0.05) is 50.2 Å². The largest absolute Gasteiger partial charge is 0.484 e. The zero-order valence-electron chi connectivity index (χ0n) is 17.3. The fourth-order valence-electron chi connectivity index (χ4n) is 3.19. The minimum absolute atomic E-state index is 0.00961. The topological polar surface area (TPSA) is 64.4 Å². The number of rotatable bonds is 10. The molecule has 0 bridgehead atoms. The summed E-state index contributed by atoms with van der Waals surface area (Å²) in [5.41, 5.74) is 8.51. The van der Waals surface area contributed by atoms with E-state index >= 15 is 0 Å². The van der Waals surface area contributed by atoms with Crippen LogP contribution in [0, 0.1) is 11.8 Å². The summed E-state index contributed by atoms with van der Waals surface area (Å²) in [5.74, 6) is 0.855. The van der Waals surface area contributed by atoms with Crippen LogP contribution in [0.2, 0.25) is 0 Å². The number of nitrogens with two attached hydrogens (primary N) is 1. The van der Waals surface area contributed by atoms with Gasteiger partial charge in [0.25, 0.3) is 0 Å². The van der Waals surface area contributed by atoms with Gasteiger partial charge in [0.2, 0.25) is 5.91 Å². The lowest BCUT2D eigenvalue weighted by atomic mass is 9.94. The predicted molar refractivity (Wildman–Crippen MR) is 112 cm³/mol. The van der Waals surface area contributed by atoms with Gasteiger partial charge in [-0.05, 0) is 53.6 Å². The van der Waals surface area contributed by atoms with Crippen LogP contribution in [0.15, 0.2) is 48.5 Å². The van der Waals surface area contributed by atoms with Crippen LogP contribution in [0.1, 0.15) is 32.3 Å². The fourth-order valence-corrected chi connectivity index (χ4v) is 3.19. The standard InChI is InChI=1S/C23H29F3N2O2/c1-16(2)11-18(13-27)12-22(29)28-14-17-3-5-19(6-4-17)20-7-9-21(10-8-20)30-15-23(24,25)26/h3-10,16,18H,11-15,27H2,1-2H3,(H,28,29)/t18-/m0/s1. The summed E-state index contributed by atoms with van der Waals surface area (Å²) in [4.78, 5) is 12.2. The predicted octanol–water partition coefficient (Wildman–Crippen LogP) is 4.92. The first-order chi connectivity index (χ1) is 14.2. The lowest BCUT2D eigenvalue weighted by Gasteiger charge is -2.16. The molecule has 2 aromatic carbocycles. The van der Waals surface area contributed by atoms with Crippen molar-refractivity contribution in [3.63, 3.8) is 0 Å². The molecular weight excluding hydrogens is 393 g/mol. The first-order valence-corrected chi connectivity index (χ1v) is 10.0. The molecule has 164 valence electrons. The molecule has 3 N–H and O–H groups in total. The first kappa shape index (κ1) is 23.7. The third-order valence-electron chi connectivity index (χ3n) is 4.65. The number of hydrogen-bond donors (Lipinski definition) is 2. The van der Waals surface area contributed by atoms with Gasteiger partial charge in [0.15, 0.2) is 6.61 Å². The van der Waals surface area contributed by atoms with Crippen molar-refractivity contribution in [2.24, 2.45) is 17.6 Å². The Balaban J connectivity index is 1.86. The van der Waals surface area contributed by atoms with E-state index < -0.39 is 12.8 Å². The van der Waals surface area contributed by atoms with E-state index in [1.165, 1.54) is 12.1 Å². The molecule has 0 radical (unpaired) electrons. The van der Waals surface area contributed by atoms with E-state index in [1.807, 2.05) is 24.3 Å². The van der Waals surface area contributed by atoms with Crippen LogP contribution in [0.4, 0.5) is 13.2 Å². The molecule has 0 aliphatic heterocycles. The molecule has 1 amide bonds. The molecule has 1 atom stereocenters. The SMILES string of the molecule is CC(C)C[C@H](CN)CC(=O)NCc1ccc(-c2ccc(OCC(F)(F)F)cc2)cc1. The number of alkyl halides is 3. The van der Waals surface area contributed by atoms with Crippen LogP contribution >= 0.6 is 0 Å². The van der Waals surface area contributed by atoms with Crippen LogP contribution < -0.4 is 15.8 Å². The lowest BCUT2D eigenvalue weighted by Crippen LogP contribution is -2.28. The maximum Gasteiger partial charge on any atom is 0.422 e. The third kappa shape index (κ3) is 8.45. The van der Waals surface area contributed by atoms with E-state index in [0.29, 0.717) is 25.4 Å². The Morgan fingerprint density at radius 1 is 1.03 bits per heavy atom. The molecule has 0 fully saturated rings. The van der Waals surface area contributed by atoms with Crippen molar-refractivity contribution in [1.82, 2.24) is 5.32 Å². The number of carbonyl (C=O) groups is 1. The van der Waals surface area contributed by atoms with Crippen molar-refractivity contribution in [3.8, 4) is 16.9 Å². The summed E-state index contributed by atoms with van der Waals surface area (Å²) in [6.07, 6.45) is -3.00. The van der Waals surface area contributed by atoms with Gasteiger partial charge in [-0.25, -0.2) is 0 Å². The van der Waals surface area contributed by atoms with Crippen molar-refractivity contribution < 1.29 is 22.7 Å². The molecule has 0 aliphatic carbocycles. The molecule has 0 unspecified atom stereocenters. The minimum Gasteiger partial charge on any atom is -0.484 e. The van der Waals surface area contributed by atoms with Crippen molar-refractivity contribution in [1.29, 1.82) is 0 Å². The molecule has 0 saturated carbocycles. The second kappa shape index (κ2) is 11.0. The van der Waals surface area contributed by atoms with Gasteiger partial charge in [0, 0.05) is 13.0 Å². The van der Waals surface area contributed by atoms with Crippen LogP contribution in [0.25, 0.3) is 11.1 Å². The third-order valence-corrected chi connectivity index (χ3v) is 4.65. The Morgan fingerprint density at radius 3 is 2.10 bits per heavy atom. The normalized spacial score (nSPS) is 12.6. The number of carbonyl (C=O) groups excluding carboxylic acids is 1. The second-order valence-electron chi connectivity index (χ2n) is 7.84. The first-order valence-electron chi connectivity index (χ1n) is 10.0. The van der Waals surface area contributed by atoms with E-state index in [0.717, 1.165) is 23.1 Å².